The van der Waals surface area contributed by atoms with Gasteiger partial charge in [0.2, 0.25) is 0 Å². The highest BCUT2D eigenvalue weighted by molar-refractivity contribution is 4.89. The molecule has 0 fully saturated rings. The van der Waals surface area contributed by atoms with E-state index in [4.69, 9.17) is 15.3 Å². The molecule has 0 aromatic rings. The second-order valence-corrected chi connectivity index (χ2v) is 1.04. The van der Waals surface area contributed by atoms with Crippen molar-refractivity contribution < 1.29 is 15.3 Å². The van der Waals surface area contributed by atoms with E-state index in [0.717, 1.165) is 6.08 Å². The Balaban J connectivity index is 3.29. The Labute approximate surface area is 41.5 Å². The van der Waals surface area contributed by atoms with Crippen molar-refractivity contribution in [1.29, 1.82) is 0 Å². The van der Waals surface area contributed by atoms with E-state index in [0.29, 0.717) is 0 Å². The molecule has 0 rings (SSSR count). The zero-order valence-electron chi connectivity index (χ0n) is 3.83. The lowest BCUT2D eigenvalue weighted by molar-refractivity contribution is 0.246. The van der Waals surface area contributed by atoms with Crippen LogP contribution in [0.15, 0.2) is 11.8 Å². The SMILES string of the molecule is OCC=C(O)CO. The quantitative estimate of drug-likeness (QED) is 0.410. The van der Waals surface area contributed by atoms with Gasteiger partial charge in [-0.15, -0.1) is 0 Å². The van der Waals surface area contributed by atoms with Gasteiger partial charge in [-0.2, -0.15) is 0 Å². The maximum absolute atomic E-state index is 8.31. The van der Waals surface area contributed by atoms with Gasteiger partial charge < -0.3 is 15.3 Å². The van der Waals surface area contributed by atoms with Crippen LogP contribution >= 0.6 is 0 Å². The molecule has 0 unspecified atom stereocenters. The van der Waals surface area contributed by atoms with Crippen molar-refractivity contribution in [2.45, 2.75) is 0 Å². The number of rotatable bonds is 2. The maximum atomic E-state index is 8.31. The highest BCUT2D eigenvalue weighted by Crippen LogP contribution is 1.80. The molecule has 0 aliphatic rings. The van der Waals surface area contributed by atoms with E-state index in [1.54, 1.807) is 0 Å². The molecule has 0 aliphatic heterocycles. The van der Waals surface area contributed by atoms with Gasteiger partial charge >= 0.3 is 0 Å². The first-order chi connectivity index (χ1) is 3.31. The lowest BCUT2D eigenvalue weighted by atomic mass is 10.5. The Kier molecular flexibility index (Phi) is 3.36. The third-order valence-electron chi connectivity index (χ3n) is 0.489. The molecule has 7 heavy (non-hydrogen) atoms. The van der Waals surface area contributed by atoms with Crippen molar-refractivity contribution in [2.75, 3.05) is 13.2 Å². The fourth-order valence-electron chi connectivity index (χ4n) is 0.170. The van der Waals surface area contributed by atoms with Crippen LogP contribution < -0.4 is 0 Å². The Hall–Kier alpha value is -0.540. The second kappa shape index (κ2) is 3.64. The molecule has 0 heterocycles. The van der Waals surface area contributed by atoms with Crippen LogP contribution in [0.4, 0.5) is 0 Å². The zero-order valence-corrected chi connectivity index (χ0v) is 3.83. The van der Waals surface area contributed by atoms with Crippen LogP contribution in [0.5, 0.6) is 0 Å². The molecule has 0 aromatic heterocycles. The van der Waals surface area contributed by atoms with Crippen LogP contribution in [0.2, 0.25) is 0 Å². The Bertz CT molecular complexity index is 67.3. The predicted octanol–water partition coefficient (Wildman–Crippen LogP) is -0.587. The van der Waals surface area contributed by atoms with Crippen molar-refractivity contribution in [3.8, 4) is 0 Å². The first-order valence-electron chi connectivity index (χ1n) is 1.91. The van der Waals surface area contributed by atoms with E-state index in [-0.39, 0.29) is 12.4 Å². The molecule has 3 nitrogen and oxygen atoms in total. The molecular weight excluding hydrogens is 96.0 g/mol. The summed E-state index contributed by atoms with van der Waals surface area (Å²) < 4.78 is 0. The highest BCUT2D eigenvalue weighted by Gasteiger charge is 1.82. The lowest BCUT2D eigenvalue weighted by Crippen LogP contribution is -1.88. The fraction of sp³-hybridized carbons (Fsp3) is 0.500. The van der Waals surface area contributed by atoms with Gasteiger partial charge in [0, 0.05) is 0 Å². The number of hydrogen-bond donors (Lipinski definition) is 3. The van der Waals surface area contributed by atoms with Crippen LogP contribution in [0.3, 0.4) is 0 Å². The van der Waals surface area contributed by atoms with E-state index in [1.807, 2.05) is 0 Å². The molecule has 0 saturated carbocycles. The summed E-state index contributed by atoms with van der Waals surface area (Å²) in [6.45, 7) is -0.632. The van der Waals surface area contributed by atoms with Crippen molar-refractivity contribution in [1.82, 2.24) is 0 Å². The van der Waals surface area contributed by atoms with Gasteiger partial charge in [0.25, 0.3) is 0 Å². The van der Waals surface area contributed by atoms with E-state index >= 15 is 0 Å². The van der Waals surface area contributed by atoms with Gasteiger partial charge in [-0.25, -0.2) is 0 Å². The van der Waals surface area contributed by atoms with Crippen LogP contribution in [0.1, 0.15) is 0 Å². The summed E-state index contributed by atoms with van der Waals surface area (Å²) in [6, 6.07) is 0. The van der Waals surface area contributed by atoms with Gasteiger partial charge in [-0.3, -0.25) is 0 Å². The summed E-state index contributed by atoms with van der Waals surface area (Å²) in [5, 5.41) is 24.4. The molecular formula is C4H8O3. The molecule has 0 spiro atoms. The molecule has 0 radical (unpaired) electrons. The molecule has 0 bridgehead atoms. The van der Waals surface area contributed by atoms with Crippen LogP contribution in [0.25, 0.3) is 0 Å². The van der Waals surface area contributed by atoms with Crippen LogP contribution in [-0.2, 0) is 0 Å². The van der Waals surface area contributed by atoms with Crippen LogP contribution in [-0.4, -0.2) is 28.5 Å². The second-order valence-electron chi connectivity index (χ2n) is 1.04. The van der Waals surface area contributed by atoms with Gasteiger partial charge in [0.1, 0.15) is 5.76 Å². The maximum Gasteiger partial charge on any atom is 0.116 e. The Morgan fingerprint density at radius 1 is 1.43 bits per heavy atom. The third-order valence-corrected chi connectivity index (χ3v) is 0.489. The van der Waals surface area contributed by atoms with Gasteiger partial charge in [0.15, 0.2) is 0 Å². The highest BCUT2D eigenvalue weighted by atomic mass is 16.3. The molecule has 42 valence electrons. The van der Waals surface area contributed by atoms with E-state index in [1.165, 1.54) is 0 Å². The van der Waals surface area contributed by atoms with E-state index < -0.39 is 6.61 Å². The minimum atomic E-state index is -0.402. The molecule has 0 amide bonds. The first kappa shape index (κ1) is 6.46. The molecule has 3 N–H and O–H groups in total. The van der Waals surface area contributed by atoms with E-state index in [9.17, 15) is 0 Å². The summed E-state index contributed by atoms with van der Waals surface area (Å²) >= 11 is 0. The average Bonchev–Trinajstić information content (AvgIpc) is 1.68. The van der Waals surface area contributed by atoms with Gasteiger partial charge in [0.05, 0.1) is 13.2 Å². The van der Waals surface area contributed by atoms with Crippen molar-refractivity contribution in [3.05, 3.63) is 11.8 Å². The van der Waals surface area contributed by atoms with Crippen molar-refractivity contribution >= 4 is 0 Å². The molecule has 0 aliphatic carbocycles. The van der Waals surface area contributed by atoms with Crippen LogP contribution in [0, 0.1) is 0 Å². The fourth-order valence-corrected chi connectivity index (χ4v) is 0.170. The zero-order chi connectivity index (χ0) is 5.70. The smallest absolute Gasteiger partial charge is 0.116 e. The van der Waals surface area contributed by atoms with Gasteiger partial charge in [-0.1, -0.05) is 0 Å². The molecule has 0 aromatic carbocycles. The normalized spacial score (nSPS) is 12.0. The number of aliphatic hydroxyl groups excluding tert-OH is 3. The van der Waals surface area contributed by atoms with Crippen molar-refractivity contribution in [2.24, 2.45) is 0 Å². The number of aliphatic hydroxyl groups is 3. The summed E-state index contributed by atoms with van der Waals surface area (Å²) in [7, 11) is 0. The lowest BCUT2D eigenvalue weighted by Gasteiger charge is -1.87. The monoisotopic (exact) mass is 104 g/mol. The number of hydrogen-bond acceptors (Lipinski definition) is 3. The topological polar surface area (TPSA) is 60.7 Å². The van der Waals surface area contributed by atoms with Crippen molar-refractivity contribution in [3.63, 3.8) is 0 Å². The molecule has 0 saturated heterocycles. The van der Waals surface area contributed by atoms with Gasteiger partial charge in [-0.05, 0) is 6.08 Å². The standard InChI is InChI=1S/C4H8O3/c5-2-1-4(7)3-6/h1,5-7H,2-3H2. The Morgan fingerprint density at radius 2 is 2.00 bits per heavy atom. The van der Waals surface area contributed by atoms with E-state index in [2.05, 4.69) is 0 Å². The largest absolute Gasteiger partial charge is 0.510 e. The summed E-state index contributed by atoms with van der Waals surface area (Å²) in [5.41, 5.74) is 0. The summed E-state index contributed by atoms with van der Waals surface area (Å²) in [6.07, 6.45) is 1.12. The minimum Gasteiger partial charge on any atom is -0.510 e. The third kappa shape index (κ3) is 3.29. The average molecular weight is 104 g/mol. The molecule has 0 atom stereocenters. The summed E-state index contributed by atoms with van der Waals surface area (Å²) in [5.74, 6) is -0.192. The summed E-state index contributed by atoms with van der Waals surface area (Å²) in [4.78, 5) is 0. The molecule has 3 heteroatoms. The first-order valence-corrected chi connectivity index (χ1v) is 1.91. The Morgan fingerprint density at radius 3 is 2.14 bits per heavy atom. The predicted molar refractivity (Wildman–Crippen MR) is 24.9 cm³/mol. The minimum absolute atomic E-state index is 0.192.